The van der Waals surface area contributed by atoms with Crippen molar-refractivity contribution in [3.63, 3.8) is 0 Å². The van der Waals surface area contributed by atoms with Crippen molar-refractivity contribution in [2.75, 3.05) is 42.9 Å². The number of hydrogen-bond donors (Lipinski definition) is 2. The van der Waals surface area contributed by atoms with Gasteiger partial charge in [-0.3, -0.25) is 4.90 Å². The molecule has 2 aromatic rings. The van der Waals surface area contributed by atoms with Crippen LogP contribution in [0.3, 0.4) is 0 Å². The number of benzene rings is 2. The van der Waals surface area contributed by atoms with E-state index in [1.165, 1.54) is 5.69 Å². The number of hydrogen-bond acceptors (Lipinski definition) is 3. The van der Waals surface area contributed by atoms with Crippen molar-refractivity contribution < 1.29 is 4.79 Å². The largest absolute Gasteiger partial charge is 0.369 e. The molecule has 3 rings (SSSR count). The highest BCUT2D eigenvalue weighted by Gasteiger charge is 2.17. The third-order valence-electron chi connectivity index (χ3n) is 4.78. The molecule has 0 bridgehead atoms. The van der Waals surface area contributed by atoms with E-state index in [0.717, 1.165) is 44.8 Å². The number of para-hydroxylation sites is 2. The second kappa shape index (κ2) is 9.25. The Balaban J connectivity index is 1.35. The second-order valence-corrected chi connectivity index (χ2v) is 6.82. The number of nitrogens with zero attached hydrogens (tertiary/aromatic N) is 2. The van der Waals surface area contributed by atoms with Gasteiger partial charge in [-0.05, 0) is 37.6 Å². The van der Waals surface area contributed by atoms with E-state index in [0.29, 0.717) is 0 Å². The molecule has 0 radical (unpaired) electrons. The van der Waals surface area contributed by atoms with E-state index >= 15 is 0 Å². The van der Waals surface area contributed by atoms with Crippen molar-refractivity contribution in [1.82, 2.24) is 10.2 Å². The van der Waals surface area contributed by atoms with Crippen LogP contribution in [0.4, 0.5) is 16.2 Å². The number of piperazine rings is 1. The van der Waals surface area contributed by atoms with Crippen molar-refractivity contribution in [1.29, 1.82) is 0 Å². The number of amides is 2. The number of rotatable bonds is 6. The minimum Gasteiger partial charge on any atom is -0.369 e. The summed E-state index contributed by atoms with van der Waals surface area (Å²) in [5, 5.41) is 5.88. The molecular formula is C21H28N4O. The van der Waals surface area contributed by atoms with Gasteiger partial charge >= 0.3 is 6.03 Å². The lowest BCUT2D eigenvalue weighted by atomic mass is 10.2. The first-order valence-corrected chi connectivity index (χ1v) is 9.35. The molecule has 2 N–H and O–H groups in total. The number of anilines is 2. The van der Waals surface area contributed by atoms with Gasteiger partial charge in [0.05, 0.1) is 0 Å². The van der Waals surface area contributed by atoms with E-state index in [2.05, 4.69) is 57.7 Å². The first-order valence-electron chi connectivity index (χ1n) is 9.35. The average Bonchev–Trinajstić information content (AvgIpc) is 2.68. The lowest BCUT2D eigenvalue weighted by molar-refractivity contribution is 0.235. The minimum absolute atomic E-state index is 0.141. The van der Waals surface area contributed by atoms with Crippen LogP contribution in [0.15, 0.2) is 60.7 Å². The zero-order valence-corrected chi connectivity index (χ0v) is 15.4. The summed E-state index contributed by atoms with van der Waals surface area (Å²) in [6, 6.07) is 20.1. The van der Waals surface area contributed by atoms with Crippen LogP contribution in [0, 0.1) is 0 Å². The van der Waals surface area contributed by atoms with Crippen LogP contribution in [-0.2, 0) is 0 Å². The smallest absolute Gasteiger partial charge is 0.319 e. The van der Waals surface area contributed by atoms with E-state index in [1.54, 1.807) is 0 Å². The van der Waals surface area contributed by atoms with Crippen molar-refractivity contribution in [3.05, 3.63) is 60.7 Å². The Morgan fingerprint density at radius 3 is 2.23 bits per heavy atom. The third kappa shape index (κ3) is 5.49. The first-order chi connectivity index (χ1) is 12.7. The summed E-state index contributed by atoms with van der Waals surface area (Å²) in [5.41, 5.74) is 2.12. The lowest BCUT2D eigenvalue weighted by Gasteiger charge is -2.36. The predicted molar refractivity (Wildman–Crippen MR) is 108 cm³/mol. The van der Waals surface area contributed by atoms with Crippen LogP contribution in [0.1, 0.15) is 13.3 Å². The topological polar surface area (TPSA) is 47.6 Å². The molecule has 1 saturated heterocycles. The Labute approximate surface area is 156 Å². The quantitative estimate of drug-likeness (QED) is 0.838. The van der Waals surface area contributed by atoms with Crippen LogP contribution >= 0.6 is 0 Å². The van der Waals surface area contributed by atoms with Gasteiger partial charge in [0.25, 0.3) is 0 Å². The molecule has 0 aliphatic carbocycles. The maximum atomic E-state index is 12.0. The van der Waals surface area contributed by atoms with E-state index in [4.69, 9.17) is 0 Å². The fraction of sp³-hybridized carbons (Fsp3) is 0.381. The summed E-state index contributed by atoms with van der Waals surface area (Å²) in [6.45, 7) is 7.32. The standard InChI is InChI=1S/C21H28N4O/c1-18(22-21(26)23-19-8-4-2-5-9-19)12-13-24-14-16-25(17-15-24)20-10-6-3-7-11-20/h2-11,18H,12-17H2,1H3,(H2,22,23,26)/t18-/m1/s1. The monoisotopic (exact) mass is 352 g/mol. The highest BCUT2D eigenvalue weighted by Crippen LogP contribution is 2.15. The summed E-state index contributed by atoms with van der Waals surface area (Å²) >= 11 is 0. The summed E-state index contributed by atoms with van der Waals surface area (Å²) < 4.78 is 0. The molecule has 0 spiro atoms. The Morgan fingerprint density at radius 1 is 0.962 bits per heavy atom. The molecule has 1 aliphatic heterocycles. The molecule has 0 aromatic heterocycles. The predicted octanol–water partition coefficient (Wildman–Crippen LogP) is 3.41. The lowest BCUT2D eigenvalue weighted by Crippen LogP contribution is -2.47. The van der Waals surface area contributed by atoms with Gasteiger partial charge < -0.3 is 15.5 Å². The maximum absolute atomic E-state index is 12.0. The fourth-order valence-corrected chi connectivity index (χ4v) is 3.23. The molecule has 1 aliphatic rings. The summed E-state index contributed by atoms with van der Waals surface area (Å²) in [7, 11) is 0. The Morgan fingerprint density at radius 2 is 1.58 bits per heavy atom. The Bertz CT molecular complexity index is 669. The minimum atomic E-state index is -0.141. The van der Waals surface area contributed by atoms with Crippen LogP contribution in [0.25, 0.3) is 0 Å². The molecule has 1 atom stereocenters. The van der Waals surface area contributed by atoms with E-state index < -0.39 is 0 Å². The molecule has 5 nitrogen and oxygen atoms in total. The molecule has 1 heterocycles. The van der Waals surface area contributed by atoms with Gasteiger partial charge in [0.2, 0.25) is 0 Å². The van der Waals surface area contributed by atoms with Crippen molar-refractivity contribution in [2.45, 2.75) is 19.4 Å². The zero-order valence-electron chi connectivity index (χ0n) is 15.4. The van der Waals surface area contributed by atoms with Crippen LogP contribution in [-0.4, -0.2) is 49.7 Å². The highest BCUT2D eigenvalue weighted by molar-refractivity contribution is 5.89. The number of carbonyl (C=O) groups is 1. The second-order valence-electron chi connectivity index (χ2n) is 6.82. The SMILES string of the molecule is C[C@H](CCN1CCN(c2ccccc2)CC1)NC(=O)Nc1ccccc1. The van der Waals surface area contributed by atoms with Crippen molar-refractivity contribution in [2.24, 2.45) is 0 Å². The van der Waals surface area contributed by atoms with Gasteiger partial charge in [0.1, 0.15) is 0 Å². The zero-order chi connectivity index (χ0) is 18.2. The molecule has 138 valence electrons. The summed E-state index contributed by atoms with van der Waals surface area (Å²) in [5.74, 6) is 0. The van der Waals surface area contributed by atoms with E-state index in [9.17, 15) is 4.79 Å². The summed E-state index contributed by atoms with van der Waals surface area (Å²) in [4.78, 5) is 16.9. The molecule has 2 aromatic carbocycles. The fourth-order valence-electron chi connectivity index (χ4n) is 3.23. The first kappa shape index (κ1) is 18.3. The normalized spacial score (nSPS) is 16.1. The van der Waals surface area contributed by atoms with Crippen LogP contribution < -0.4 is 15.5 Å². The summed E-state index contributed by atoms with van der Waals surface area (Å²) in [6.07, 6.45) is 0.952. The van der Waals surface area contributed by atoms with Crippen molar-refractivity contribution in [3.8, 4) is 0 Å². The number of carbonyl (C=O) groups excluding carboxylic acids is 1. The average molecular weight is 352 g/mol. The van der Waals surface area contributed by atoms with Gasteiger partial charge in [-0.15, -0.1) is 0 Å². The van der Waals surface area contributed by atoms with Gasteiger partial charge in [-0.2, -0.15) is 0 Å². The van der Waals surface area contributed by atoms with Crippen molar-refractivity contribution >= 4 is 17.4 Å². The molecule has 0 unspecified atom stereocenters. The molecule has 26 heavy (non-hydrogen) atoms. The van der Waals surface area contributed by atoms with Gasteiger partial charge in [0.15, 0.2) is 0 Å². The van der Waals surface area contributed by atoms with Gasteiger partial charge in [0, 0.05) is 50.1 Å². The third-order valence-corrected chi connectivity index (χ3v) is 4.78. The molecule has 0 saturated carbocycles. The Hall–Kier alpha value is -2.53. The highest BCUT2D eigenvalue weighted by atomic mass is 16.2. The molecule has 2 amide bonds. The van der Waals surface area contributed by atoms with E-state index in [1.807, 2.05) is 30.3 Å². The molecule has 1 fully saturated rings. The molecular weight excluding hydrogens is 324 g/mol. The maximum Gasteiger partial charge on any atom is 0.319 e. The molecule has 5 heteroatoms. The van der Waals surface area contributed by atoms with E-state index in [-0.39, 0.29) is 12.1 Å². The Kier molecular flexibility index (Phi) is 6.50. The number of urea groups is 1. The number of nitrogens with one attached hydrogen (secondary N) is 2. The van der Waals surface area contributed by atoms with Crippen LogP contribution in [0.5, 0.6) is 0 Å². The van der Waals surface area contributed by atoms with Gasteiger partial charge in [-0.1, -0.05) is 36.4 Å². The van der Waals surface area contributed by atoms with Crippen LogP contribution in [0.2, 0.25) is 0 Å². The van der Waals surface area contributed by atoms with Gasteiger partial charge in [-0.25, -0.2) is 4.79 Å².